The Bertz CT molecular complexity index is 1390. The predicted molar refractivity (Wildman–Crippen MR) is 155 cm³/mol. The maximum absolute atomic E-state index is 12.7. The minimum absolute atomic E-state index is 0.140. The molecule has 2 heterocycles. The van der Waals surface area contributed by atoms with Crippen molar-refractivity contribution in [3.05, 3.63) is 75.0 Å². The number of carbonyl (C=O) groups excluding carboxylic acids is 2. The van der Waals surface area contributed by atoms with E-state index in [9.17, 15) is 19.7 Å². The largest absolute Gasteiger partial charge is 0.483 e. The van der Waals surface area contributed by atoms with E-state index < -0.39 is 29.4 Å². The van der Waals surface area contributed by atoms with Gasteiger partial charge in [-0.25, -0.2) is 10.2 Å². The molecular weight excluding hydrogens is 552 g/mol. The van der Waals surface area contributed by atoms with E-state index in [2.05, 4.69) is 26.1 Å². The standard InChI is InChI=1S/C27H30N6O7S/c1-3-39-26(35)24-17(2)29-27(41)30-25(24)20-6-4-5-7-22(20)40-16-23(34)31-28-15-18-14-19(8-9-21(18)33(36)37)32-10-12-38-13-11-32/h4-9,14-15,25H,3,10-13,16H2,1-2H3,(H,31,34)(H2,29,30,41)/t25-/m0/s1. The van der Waals surface area contributed by atoms with Crippen molar-refractivity contribution in [2.45, 2.75) is 19.9 Å². The summed E-state index contributed by atoms with van der Waals surface area (Å²) in [7, 11) is 0. The number of benzene rings is 2. The number of morpholine rings is 1. The number of thiocarbonyl (C=S) groups is 1. The molecule has 13 nitrogen and oxygen atoms in total. The summed E-state index contributed by atoms with van der Waals surface area (Å²) in [5, 5.41) is 21.8. The molecule has 2 aliphatic rings. The maximum atomic E-state index is 12.7. The van der Waals surface area contributed by atoms with Crippen molar-refractivity contribution in [3.63, 3.8) is 0 Å². The van der Waals surface area contributed by atoms with Crippen molar-refractivity contribution in [2.75, 3.05) is 44.4 Å². The van der Waals surface area contributed by atoms with Gasteiger partial charge in [-0.2, -0.15) is 5.10 Å². The number of rotatable bonds is 10. The summed E-state index contributed by atoms with van der Waals surface area (Å²) in [4.78, 5) is 38.3. The number of nitrogens with zero attached hydrogens (tertiary/aromatic N) is 3. The number of para-hydroxylation sites is 1. The Morgan fingerprint density at radius 3 is 2.76 bits per heavy atom. The number of anilines is 1. The highest BCUT2D eigenvalue weighted by atomic mass is 32.1. The van der Waals surface area contributed by atoms with E-state index in [0.717, 1.165) is 5.69 Å². The number of hydrogen-bond donors (Lipinski definition) is 3. The Hall–Kier alpha value is -4.56. The van der Waals surface area contributed by atoms with Crippen molar-refractivity contribution in [1.82, 2.24) is 16.1 Å². The fourth-order valence-electron chi connectivity index (χ4n) is 4.44. The SMILES string of the molecule is CCOC(=O)C1=C(C)NC(=S)N[C@H]1c1ccccc1OCC(=O)NN=Cc1cc(N2CCOCC2)ccc1[N+](=O)[O-]. The van der Waals surface area contributed by atoms with Gasteiger partial charge in [0.05, 0.1) is 48.1 Å². The molecule has 0 unspecified atom stereocenters. The molecule has 3 N–H and O–H groups in total. The summed E-state index contributed by atoms with van der Waals surface area (Å²) in [6, 6.07) is 11.0. The van der Waals surface area contributed by atoms with Crippen LogP contribution in [0.25, 0.3) is 0 Å². The number of carbonyl (C=O) groups is 2. The second-order valence-electron chi connectivity index (χ2n) is 9.01. The van der Waals surface area contributed by atoms with Gasteiger partial charge in [0.15, 0.2) is 11.7 Å². The molecule has 0 spiro atoms. The van der Waals surface area contributed by atoms with Crippen LogP contribution in [-0.2, 0) is 19.1 Å². The van der Waals surface area contributed by atoms with Gasteiger partial charge in [-0.15, -0.1) is 0 Å². The van der Waals surface area contributed by atoms with Crippen LogP contribution in [0.4, 0.5) is 11.4 Å². The Kier molecular flexibility index (Phi) is 9.81. The van der Waals surface area contributed by atoms with Crippen LogP contribution in [0.3, 0.4) is 0 Å². The highest BCUT2D eigenvalue weighted by Gasteiger charge is 2.32. The van der Waals surface area contributed by atoms with Gasteiger partial charge >= 0.3 is 5.97 Å². The summed E-state index contributed by atoms with van der Waals surface area (Å²) in [6.45, 7) is 5.71. The third kappa shape index (κ3) is 7.35. The molecule has 41 heavy (non-hydrogen) atoms. The predicted octanol–water partition coefficient (Wildman–Crippen LogP) is 2.32. The topological polar surface area (TPSA) is 157 Å². The van der Waals surface area contributed by atoms with E-state index in [1.54, 1.807) is 50.2 Å². The molecule has 1 fully saturated rings. The first-order valence-corrected chi connectivity index (χ1v) is 13.3. The first-order chi connectivity index (χ1) is 19.8. The number of allylic oxidation sites excluding steroid dienone is 1. The Morgan fingerprint density at radius 2 is 2.02 bits per heavy atom. The molecule has 216 valence electrons. The third-order valence-electron chi connectivity index (χ3n) is 6.33. The molecule has 14 heteroatoms. The van der Waals surface area contributed by atoms with Gasteiger partial charge in [0.2, 0.25) is 0 Å². The van der Waals surface area contributed by atoms with Gasteiger partial charge in [0.25, 0.3) is 11.6 Å². The summed E-state index contributed by atoms with van der Waals surface area (Å²) >= 11 is 5.29. The molecule has 2 aromatic rings. The molecule has 1 atom stereocenters. The van der Waals surface area contributed by atoms with Crippen LogP contribution in [0, 0.1) is 10.1 Å². The lowest BCUT2D eigenvalue weighted by Gasteiger charge is -2.30. The Morgan fingerprint density at radius 1 is 1.27 bits per heavy atom. The molecule has 0 aliphatic carbocycles. The fourth-order valence-corrected chi connectivity index (χ4v) is 4.71. The average Bonchev–Trinajstić information content (AvgIpc) is 2.96. The van der Waals surface area contributed by atoms with Crippen molar-refractivity contribution >= 4 is 46.8 Å². The van der Waals surface area contributed by atoms with E-state index in [1.165, 1.54) is 12.3 Å². The third-order valence-corrected chi connectivity index (χ3v) is 6.55. The zero-order valence-corrected chi connectivity index (χ0v) is 23.4. The second-order valence-corrected chi connectivity index (χ2v) is 9.42. The molecule has 2 aromatic carbocycles. The number of hydrogen-bond acceptors (Lipinski definition) is 10. The molecular formula is C27H30N6O7S. The normalized spacial score (nSPS) is 17.1. The molecule has 1 saturated heterocycles. The summed E-state index contributed by atoms with van der Waals surface area (Å²) in [5.74, 6) is -0.752. The van der Waals surface area contributed by atoms with Crippen LogP contribution in [-0.4, -0.2) is 67.6 Å². The smallest absolute Gasteiger partial charge is 0.338 e. The van der Waals surface area contributed by atoms with Gasteiger partial charge in [-0.05, 0) is 44.3 Å². The number of nitro benzene ring substituents is 1. The fraction of sp³-hybridized carbons (Fsp3) is 0.333. The van der Waals surface area contributed by atoms with Crippen molar-refractivity contribution in [1.29, 1.82) is 0 Å². The van der Waals surface area contributed by atoms with E-state index in [-0.39, 0.29) is 17.9 Å². The minimum atomic E-state index is -0.667. The second kappa shape index (κ2) is 13.7. The molecule has 0 radical (unpaired) electrons. The lowest BCUT2D eigenvalue weighted by Crippen LogP contribution is -2.45. The molecule has 0 aromatic heterocycles. The summed E-state index contributed by atoms with van der Waals surface area (Å²) in [5.41, 5.74) is 4.70. The number of nitrogens with one attached hydrogen (secondary N) is 3. The maximum Gasteiger partial charge on any atom is 0.338 e. The van der Waals surface area contributed by atoms with Crippen molar-refractivity contribution < 1.29 is 28.7 Å². The molecule has 2 aliphatic heterocycles. The van der Waals surface area contributed by atoms with Crippen LogP contribution in [0.15, 0.2) is 58.8 Å². The molecule has 0 bridgehead atoms. The van der Waals surface area contributed by atoms with Crippen LogP contribution >= 0.6 is 12.2 Å². The zero-order valence-electron chi connectivity index (χ0n) is 22.5. The number of hydrazone groups is 1. The quantitative estimate of drug-likeness (QED) is 0.124. The van der Waals surface area contributed by atoms with E-state index in [4.69, 9.17) is 26.4 Å². The van der Waals surface area contributed by atoms with Crippen LogP contribution in [0.5, 0.6) is 5.75 Å². The molecule has 0 saturated carbocycles. The van der Waals surface area contributed by atoms with Crippen LogP contribution in [0.2, 0.25) is 0 Å². The summed E-state index contributed by atoms with van der Waals surface area (Å²) < 4.78 is 16.4. The number of esters is 1. The monoisotopic (exact) mass is 582 g/mol. The van der Waals surface area contributed by atoms with Crippen LogP contribution < -0.4 is 25.7 Å². The lowest BCUT2D eigenvalue weighted by atomic mass is 9.95. The number of nitro groups is 1. The highest BCUT2D eigenvalue weighted by Crippen LogP contribution is 2.33. The summed E-state index contributed by atoms with van der Waals surface area (Å²) in [6.07, 6.45) is 1.23. The van der Waals surface area contributed by atoms with E-state index in [0.29, 0.717) is 54.0 Å². The van der Waals surface area contributed by atoms with Gasteiger partial charge in [-0.1, -0.05) is 18.2 Å². The lowest BCUT2D eigenvalue weighted by molar-refractivity contribution is -0.385. The van der Waals surface area contributed by atoms with E-state index >= 15 is 0 Å². The van der Waals surface area contributed by atoms with Gasteiger partial charge < -0.3 is 29.7 Å². The first-order valence-electron chi connectivity index (χ1n) is 12.9. The van der Waals surface area contributed by atoms with E-state index in [1.807, 2.05) is 0 Å². The Balaban J connectivity index is 1.45. The molecule has 1 amide bonds. The number of ether oxygens (including phenoxy) is 3. The van der Waals surface area contributed by atoms with Gasteiger partial charge in [0, 0.05) is 36.1 Å². The highest BCUT2D eigenvalue weighted by molar-refractivity contribution is 7.80. The van der Waals surface area contributed by atoms with Crippen LogP contribution in [0.1, 0.15) is 31.0 Å². The Labute approximate surface area is 241 Å². The number of amides is 1. The first kappa shape index (κ1) is 29.4. The minimum Gasteiger partial charge on any atom is -0.483 e. The average molecular weight is 583 g/mol. The van der Waals surface area contributed by atoms with Gasteiger partial charge in [-0.3, -0.25) is 14.9 Å². The van der Waals surface area contributed by atoms with Crippen molar-refractivity contribution in [2.24, 2.45) is 5.10 Å². The van der Waals surface area contributed by atoms with Gasteiger partial charge in [0.1, 0.15) is 5.75 Å². The zero-order chi connectivity index (χ0) is 29.4. The van der Waals surface area contributed by atoms with Crippen molar-refractivity contribution in [3.8, 4) is 5.75 Å². The molecule has 4 rings (SSSR count).